The van der Waals surface area contributed by atoms with Crippen LogP contribution in [0.25, 0.3) is 0 Å². The molecule has 2 aromatic rings. The maximum Gasteiger partial charge on any atom is 0.311 e. The van der Waals surface area contributed by atoms with E-state index in [1.165, 1.54) is 0 Å². The monoisotopic (exact) mass is 492 g/mol. The Hall–Kier alpha value is -3.80. The molecule has 1 aromatic carbocycles. The number of hydrogen-bond acceptors (Lipinski definition) is 6. The molecule has 0 bridgehead atoms. The quantitative estimate of drug-likeness (QED) is 0.557. The molecule has 1 aromatic heterocycles. The van der Waals surface area contributed by atoms with E-state index in [0.29, 0.717) is 29.4 Å². The van der Waals surface area contributed by atoms with Crippen molar-refractivity contribution in [3.63, 3.8) is 0 Å². The summed E-state index contributed by atoms with van der Waals surface area (Å²) in [7, 11) is 0. The van der Waals surface area contributed by atoms with Gasteiger partial charge in [-0.25, -0.2) is 0 Å². The van der Waals surface area contributed by atoms with Gasteiger partial charge in [0, 0.05) is 30.4 Å². The molecule has 1 saturated carbocycles. The molecular weight excluding hydrogens is 460 g/mol. The summed E-state index contributed by atoms with van der Waals surface area (Å²) >= 11 is 0. The van der Waals surface area contributed by atoms with Crippen LogP contribution >= 0.6 is 0 Å². The zero-order valence-electron chi connectivity index (χ0n) is 21.0. The van der Waals surface area contributed by atoms with Crippen molar-refractivity contribution in [1.29, 1.82) is 5.26 Å². The Morgan fingerprint density at radius 1 is 1.17 bits per heavy atom. The van der Waals surface area contributed by atoms with Crippen molar-refractivity contribution in [1.82, 2.24) is 4.57 Å². The summed E-state index contributed by atoms with van der Waals surface area (Å²) in [5.41, 5.74) is 2.92. The first-order valence-electron chi connectivity index (χ1n) is 12.4. The number of hydrogen-bond donors (Lipinski definition) is 1. The minimum atomic E-state index is -0.654. The standard InChI is InChI=1S/C27H32N4O5/c1-4-35-22-11-9-20(10-12-22)30-15-19(13-25(30)33)27(34)36-16-24(32)29-26-23(14-28)17(2)18(3)31(26)21-7-5-6-8-21/h9-12,19,21H,4-8,13,15-16H2,1-3H3,(H,29,32)/t19-/m0/s1. The largest absolute Gasteiger partial charge is 0.494 e. The fourth-order valence-electron chi connectivity index (χ4n) is 5.13. The molecule has 0 radical (unpaired) electrons. The summed E-state index contributed by atoms with van der Waals surface area (Å²) in [6.07, 6.45) is 4.25. The van der Waals surface area contributed by atoms with Gasteiger partial charge in [-0.1, -0.05) is 12.8 Å². The van der Waals surface area contributed by atoms with Crippen molar-refractivity contribution < 1.29 is 23.9 Å². The number of amides is 2. The van der Waals surface area contributed by atoms with Gasteiger partial charge < -0.3 is 24.3 Å². The fraction of sp³-hybridized carbons (Fsp3) is 0.481. The second-order valence-corrected chi connectivity index (χ2v) is 9.34. The third-order valence-corrected chi connectivity index (χ3v) is 7.08. The molecule has 36 heavy (non-hydrogen) atoms. The van der Waals surface area contributed by atoms with Crippen LogP contribution in [-0.2, 0) is 19.1 Å². The van der Waals surface area contributed by atoms with E-state index in [4.69, 9.17) is 9.47 Å². The first-order valence-corrected chi connectivity index (χ1v) is 12.4. The third-order valence-electron chi connectivity index (χ3n) is 7.08. The molecular formula is C27H32N4O5. The molecule has 1 N–H and O–H groups in total. The van der Waals surface area contributed by atoms with Crippen LogP contribution in [0.4, 0.5) is 11.5 Å². The highest BCUT2D eigenvalue weighted by Crippen LogP contribution is 2.37. The molecule has 4 rings (SSSR count). The van der Waals surface area contributed by atoms with Gasteiger partial charge in [-0.15, -0.1) is 0 Å². The Bertz CT molecular complexity index is 1190. The number of carbonyl (C=O) groups is 3. The summed E-state index contributed by atoms with van der Waals surface area (Å²) in [5, 5.41) is 12.5. The maximum absolute atomic E-state index is 12.7. The number of nitrogens with zero attached hydrogens (tertiary/aromatic N) is 3. The zero-order valence-corrected chi connectivity index (χ0v) is 21.0. The lowest BCUT2D eigenvalue weighted by atomic mass is 10.1. The summed E-state index contributed by atoms with van der Waals surface area (Å²) in [4.78, 5) is 39.4. The smallest absolute Gasteiger partial charge is 0.311 e. The van der Waals surface area contributed by atoms with E-state index >= 15 is 0 Å². The minimum Gasteiger partial charge on any atom is -0.494 e. The van der Waals surface area contributed by atoms with E-state index in [2.05, 4.69) is 11.4 Å². The number of carbonyl (C=O) groups excluding carboxylic acids is 3. The highest BCUT2D eigenvalue weighted by Gasteiger charge is 2.36. The van der Waals surface area contributed by atoms with Crippen LogP contribution < -0.4 is 15.0 Å². The van der Waals surface area contributed by atoms with E-state index < -0.39 is 24.4 Å². The molecule has 2 fully saturated rings. The first-order chi connectivity index (χ1) is 17.3. The molecule has 1 aliphatic heterocycles. The number of anilines is 2. The van der Waals surface area contributed by atoms with Crippen molar-refractivity contribution in [3.05, 3.63) is 41.1 Å². The number of rotatable bonds is 8. The molecule has 1 saturated heterocycles. The molecule has 0 unspecified atom stereocenters. The Labute approximate surface area is 211 Å². The maximum atomic E-state index is 12.7. The molecule has 1 aliphatic carbocycles. The van der Waals surface area contributed by atoms with Gasteiger partial charge >= 0.3 is 5.97 Å². The first kappa shape index (κ1) is 25.3. The summed E-state index contributed by atoms with van der Waals surface area (Å²) in [6.45, 7) is 5.98. The van der Waals surface area contributed by atoms with E-state index in [-0.39, 0.29) is 24.9 Å². The number of nitriles is 1. The van der Waals surface area contributed by atoms with Crippen LogP contribution in [0.15, 0.2) is 24.3 Å². The lowest BCUT2D eigenvalue weighted by molar-refractivity contribution is -0.151. The molecule has 9 heteroatoms. The Morgan fingerprint density at radius 2 is 1.86 bits per heavy atom. The van der Waals surface area contributed by atoms with Gasteiger partial charge in [0.2, 0.25) is 5.91 Å². The van der Waals surface area contributed by atoms with Crippen molar-refractivity contribution in [2.75, 3.05) is 30.0 Å². The van der Waals surface area contributed by atoms with Crippen LogP contribution in [0.3, 0.4) is 0 Å². The second kappa shape index (κ2) is 10.9. The normalized spacial score (nSPS) is 17.8. The average Bonchev–Trinajstić information content (AvgIpc) is 3.58. The van der Waals surface area contributed by atoms with Crippen molar-refractivity contribution >= 4 is 29.3 Å². The average molecular weight is 493 g/mol. The second-order valence-electron chi connectivity index (χ2n) is 9.34. The number of ether oxygens (including phenoxy) is 2. The number of esters is 1. The molecule has 9 nitrogen and oxygen atoms in total. The van der Waals surface area contributed by atoms with Gasteiger partial charge in [0.05, 0.1) is 18.1 Å². The van der Waals surface area contributed by atoms with Crippen molar-refractivity contribution in [2.24, 2.45) is 5.92 Å². The zero-order chi connectivity index (χ0) is 25.8. The van der Waals surface area contributed by atoms with Crippen molar-refractivity contribution in [2.45, 2.75) is 58.9 Å². The molecule has 2 heterocycles. The highest BCUT2D eigenvalue weighted by molar-refractivity contribution is 6.00. The molecule has 2 amide bonds. The van der Waals surface area contributed by atoms with E-state index in [1.54, 1.807) is 29.2 Å². The van der Waals surface area contributed by atoms with E-state index in [1.807, 2.05) is 25.3 Å². The Balaban J connectivity index is 1.37. The van der Waals surface area contributed by atoms with Crippen LogP contribution in [0.1, 0.15) is 61.9 Å². The van der Waals surface area contributed by atoms with Crippen LogP contribution in [0, 0.1) is 31.1 Å². The number of benzene rings is 1. The van der Waals surface area contributed by atoms with Gasteiger partial charge in [-0.05, 0) is 63.4 Å². The van der Waals surface area contributed by atoms with Crippen LogP contribution in [0.5, 0.6) is 5.75 Å². The van der Waals surface area contributed by atoms with Gasteiger partial charge in [0.25, 0.3) is 5.91 Å². The lowest BCUT2D eigenvalue weighted by Crippen LogP contribution is -2.28. The third kappa shape index (κ3) is 5.08. The molecule has 190 valence electrons. The minimum absolute atomic E-state index is 0.0230. The van der Waals surface area contributed by atoms with Crippen molar-refractivity contribution in [3.8, 4) is 11.8 Å². The summed E-state index contributed by atoms with van der Waals surface area (Å²) in [6, 6.07) is 9.56. The van der Waals surface area contributed by atoms with Gasteiger partial charge in [-0.2, -0.15) is 5.26 Å². The predicted octanol–water partition coefficient (Wildman–Crippen LogP) is 4.03. The van der Waals surface area contributed by atoms with Gasteiger partial charge in [-0.3, -0.25) is 14.4 Å². The summed E-state index contributed by atoms with van der Waals surface area (Å²) in [5.74, 6) is -0.754. The highest BCUT2D eigenvalue weighted by atomic mass is 16.5. The SMILES string of the molecule is CCOc1ccc(N2C[C@@H](C(=O)OCC(=O)Nc3c(C#N)c(C)c(C)n3C3CCCC3)CC2=O)cc1. The van der Waals surface area contributed by atoms with Crippen LogP contribution in [0.2, 0.25) is 0 Å². The molecule has 1 atom stereocenters. The van der Waals surface area contributed by atoms with Gasteiger partial charge in [0.1, 0.15) is 17.6 Å². The Morgan fingerprint density at radius 3 is 2.50 bits per heavy atom. The lowest BCUT2D eigenvalue weighted by Gasteiger charge is -2.19. The molecule has 0 spiro atoms. The van der Waals surface area contributed by atoms with E-state index in [0.717, 1.165) is 36.9 Å². The number of nitrogens with one attached hydrogen (secondary N) is 1. The Kier molecular flexibility index (Phi) is 7.63. The van der Waals surface area contributed by atoms with E-state index in [9.17, 15) is 19.6 Å². The topological polar surface area (TPSA) is 114 Å². The van der Waals surface area contributed by atoms with Crippen LogP contribution in [-0.4, -0.2) is 42.1 Å². The van der Waals surface area contributed by atoms with Gasteiger partial charge in [0.15, 0.2) is 6.61 Å². The number of aromatic nitrogens is 1. The molecule has 2 aliphatic rings. The fourth-order valence-corrected chi connectivity index (χ4v) is 5.13. The summed E-state index contributed by atoms with van der Waals surface area (Å²) < 4.78 is 12.8. The predicted molar refractivity (Wildman–Crippen MR) is 134 cm³/mol.